The standard InChI is InChI=1S/C22H27F2N5O5.2ClH/c1-11(25)18-17(21(31)29-7-6-27-9-14(29)19(26)30)28-20(34-18)13-4-5-15(33-22(23)24)16(8-13)32-10-12-2-3-12;;/h4-5,8,11-12,14,22,27H,2-3,6-7,9-10,25H2,1H3,(H2,26,30);2*1H/t11-,14?;;/m0../s1. The number of nitrogens with one attached hydrogen (secondary N) is 1. The topological polar surface area (TPSA) is 146 Å². The van der Waals surface area contributed by atoms with Crippen LogP contribution in [0.3, 0.4) is 0 Å². The van der Waals surface area contributed by atoms with E-state index in [1.807, 2.05) is 0 Å². The number of carbonyl (C=O) groups is 2. The fraction of sp³-hybridized carbons (Fsp3) is 0.500. The van der Waals surface area contributed by atoms with Gasteiger partial charge in [-0.3, -0.25) is 9.59 Å². The Kier molecular flexibility index (Phi) is 10.3. The highest BCUT2D eigenvalue weighted by atomic mass is 35.5. The van der Waals surface area contributed by atoms with Crippen molar-refractivity contribution in [3.63, 3.8) is 0 Å². The Balaban J connectivity index is 0.00000228. The molecule has 2 aromatic rings. The number of nitrogens with zero attached hydrogens (tertiary/aromatic N) is 2. The van der Waals surface area contributed by atoms with E-state index >= 15 is 0 Å². The number of nitrogens with two attached hydrogens (primary N) is 2. The van der Waals surface area contributed by atoms with Crippen LogP contribution in [0.25, 0.3) is 11.5 Å². The van der Waals surface area contributed by atoms with Gasteiger partial charge in [-0.25, -0.2) is 4.98 Å². The highest BCUT2D eigenvalue weighted by Crippen LogP contribution is 2.37. The first-order valence-corrected chi connectivity index (χ1v) is 11.0. The minimum absolute atomic E-state index is 0. The quantitative estimate of drug-likeness (QED) is 0.430. The molecular weight excluding hydrogens is 523 g/mol. The Labute approximate surface area is 218 Å². The maximum absolute atomic E-state index is 13.3. The number of aromatic nitrogens is 1. The molecule has 1 aliphatic heterocycles. The number of hydrogen-bond acceptors (Lipinski definition) is 8. The van der Waals surface area contributed by atoms with Gasteiger partial charge >= 0.3 is 6.61 Å². The number of piperazine rings is 1. The number of oxazole rings is 1. The summed E-state index contributed by atoms with van der Waals surface area (Å²) in [5.41, 5.74) is 11.8. The third-order valence-electron chi connectivity index (χ3n) is 5.68. The van der Waals surface area contributed by atoms with E-state index in [4.69, 9.17) is 20.6 Å². The summed E-state index contributed by atoms with van der Waals surface area (Å²) in [4.78, 5) is 30.8. The van der Waals surface area contributed by atoms with Crippen LogP contribution in [-0.2, 0) is 4.79 Å². The van der Waals surface area contributed by atoms with Crippen LogP contribution in [0.2, 0.25) is 0 Å². The molecule has 2 amide bonds. The van der Waals surface area contributed by atoms with Crippen LogP contribution in [0.4, 0.5) is 8.78 Å². The zero-order chi connectivity index (χ0) is 24.4. The zero-order valence-corrected chi connectivity index (χ0v) is 21.1. The highest BCUT2D eigenvalue weighted by molar-refractivity contribution is 5.97. The fourth-order valence-corrected chi connectivity index (χ4v) is 3.69. The van der Waals surface area contributed by atoms with E-state index in [0.29, 0.717) is 24.6 Å². The third-order valence-corrected chi connectivity index (χ3v) is 5.68. The molecule has 36 heavy (non-hydrogen) atoms. The average molecular weight is 552 g/mol. The highest BCUT2D eigenvalue weighted by Gasteiger charge is 2.35. The minimum Gasteiger partial charge on any atom is -0.489 e. The molecule has 200 valence electrons. The first-order valence-electron chi connectivity index (χ1n) is 11.0. The number of primary amides is 1. The number of benzene rings is 1. The Morgan fingerprint density at radius 2 is 2.00 bits per heavy atom. The molecule has 10 nitrogen and oxygen atoms in total. The third kappa shape index (κ3) is 6.75. The maximum Gasteiger partial charge on any atom is 0.387 e. The van der Waals surface area contributed by atoms with Crippen molar-refractivity contribution in [2.45, 2.75) is 38.5 Å². The van der Waals surface area contributed by atoms with Crippen molar-refractivity contribution in [2.24, 2.45) is 17.4 Å². The fourth-order valence-electron chi connectivity index (χ4n) is 3.69. The summed E-state index contributed by atoms with van der Waals surface area (Å²) in [6.07, 6.45) is 2.04. The van der Waals surface area contributed by atoms with Crippen molar-refractivity contribution >= 4 is 36.6 Å². The summed E-state index contributed by atoms with van der Waals surface area (Å²) >= 11 is 0. The predicted octanol–water partition coefficient (Wildman–Crippen LogP) is 2.49. The first kappa shape index (κ1) is 29.6. The van der Waals surface area contributed by atoms with E-state index in [1.165, 1.54) is 23.1 Å². The van der Waals surface area contributed by atoms with Crippen LogP contribution >= 0.6 is 24.8 Å². The summed E-state index contributed by atoms with van der Waals surface area (Å²) in [6, 6.07) is 2.77. The number of halogens is 4. The van der Waals surface area contributed by atoms with E-state index in [-0.39, 0.29) is 66.7 Å². The lowest BCUT2D eigenvalue weighted by molar-refractivity contribution is -0.122. The van der Waals surface area contributed by atoms with Gasteiger partial charge in [0.2, 0.25) is 11.8 Å². The van der Waals surface area contributed by atoms with Crippen molar-refractivity contribution in [3.8, 4) is 23.0 Å². The van der Waals surface area contributed by atoms with E-state index in [0.717, 1.165) is 12.8 Å². The SMILES string of the molecule is C[C@H](N)c1oc(-c2ccc(OC(F)F)c(OCC3CC3)c2)nc1C(=O)N1CCNCC1C(N)=O.Cl.Cl. The zero-order valence-electron chi connectivity index (χ0n) is 19.4. The molecule has 1 aromatic heterocycles. The second-order valence-electron chi connectivity index (χ2n) is 8.44. The lowest BCUT2D eigenvalue weighted by Crippen LogP contribution is -2.58. The van der Waals surface area contributed by atoms with Crippen molar-refractivity contribution in [3.05, 3.63) is 29.7 Å². The molecule has 0 spiro atoms. The summed E-state index contributed by atoms with van der Waals surface area (Å²) in [5, 5.41) is 3.03. The number of hydrogen-bond donors (Lipinski definition) is 3. The molecule has 2 atom stereocenters. The molecule has 1 unspecified atom stereocenters. The Morgan fingerprint density at radius 3 is 2.61 bits per heavy atom. The van der Waals surface area contributed by atoms with Gasteiger partial charge in [-0.2, -0.15) is 8.78 Å². The Bertz CT molecular complexity index is 1070. The van der Waals surface area contributed by atoms with E-state index in [2.05, 4.69) is 15.0 Å². The molecule has 1 aliphatic carbocycles. The van der Waals surface area contributed by atoms with Gasteiger partial charge in [-0.1, -0.05) is 0 Å². The molecule has 2 heterocycles. The predicted molar refractivity (Wildman–Crippen MR) is 131 cm³/mol. The number of ether oxygens (including phenoxy) is 2. The Morgan fingerprint density at radius 1 is 1.28 bits per heavy atom. The van der Waals surface area contributed by atoms with Crippen molar-refractivity contribution in [1.29, 1.82) is 0 Å². The summed E-state index contributed by atoms with van der Waals surface area (Å²) < 4.78 is 41.8. The van der Waals surface area contributed by atoms with Crippen LogP contribution in [-0.4, -0.2) is 60.6 Å². The van der Waals surface area contributed by atoms with E-state index < -0.39 is 30.5 Å². The summed E-state index contributed by atoms with van der Waals surface area (Å²) in [7, 11) is 0. The van der Waals surface area contributed by atoms with Crippen molar-refractivity contribution in [1.82, 2.24) is 15.2 Å². The molecule has 4 rings (SSSR count). The Hall–Kier alpha value is -2.67. The lowest BCUT2D eigenvalue weighted by Gasteiger charge is -2.33. The van der Waals surface area contributed by atoms with Gasteiger partial charge in [0.1, 0.15) is 6.04 Å². The molecule has 1 aromatic carbocycles. The van der Waals surface area contributed by atoms with Crippen LogP contribution in [0.15, 0.2) is 22.6 Å². The molecule has 1 saturated carbocycles. The second-order valence-corrected chi connectivity index (χ2v) is 8.44. The molecule has 2 fully saturated rings. The van der Waals surface area contributed by atoms with E-state index in [9.17, 15) is 18.4 Å². The van der Waals surface area contributed by atoms with Crippen LogP contribution < -0.4 is 26.3 Å². The monoisotopic (exact) mass is 551 g/mol. The lowest BCUT2D eigenvalue weighted by atomic mass is 10.1. The van der Waals surface area contributed by atoms with Crippen LogP contribution in [0.1, 0.15) is 42.1 Å². The van der Waals surface area contributed by atoms with E-state index in [1.54, 1.807) is 6.92 Å². The second kappa shape index (κ2) is 12.5. The van der Waals surface area contributed by atoms with Gasteiger partial charge in [-0.15, -0.1) is 24.8 Å². The number of amides is 2. The molecule has 1 saturated heterocycles. The minimum atomic E-state index is -3.01. The molecule has 14 heteroatoms. The van der Waals surface area contributed by atoms with Crippen LogP contribution in [0, 0.1) is 5.92 Å². The molecule has 2 aliphatic rings. The number of alkyl halides is 2. The van der Waals surface area contributed by atoms with Gasteiger partial charge in [0.05, 0.1) is 12.6 Å². The van der Waals surface area contributed by atoms with Gasteiger partial charge in [0.15, 0.2) is 23.0 Å². The van der Waals surface area contributed by atoms with Gasteiger partial charge in [0, 0.05) is 25.2 Å². The summed E-state index contributed by atoms with van der Waals surface area (Å²) in [6.45, 7) is -0.0313. The van der Waals surface area contributed by atoms with Gasteiger partial charge < -0.3 is 35.6 Å². The van der Waals surface area contributed by atoms with Gasteiger partial charge in [0.25, 0.3) is 5.91 Å². The molecule has 0 radical (unpaired) electrons. The van der Waals surface area contributed by atoms with Crippen molar-refractivity contribution < 1.29 is 32.3 Å². The van der Waals surface area contributed by atoms with Crippen LogP contribution in [0.5, 0.6) is 11.5 Å². The average Bonchev–Trinajstić information content (AvgIpc) is 3.52. The summed E-state index contributed by atoms with van der Waals surface area (Å²) in [5.74, 6) is -0.588. The number of rotatable bonds is 9. The molecule has 0 bridgehead atoms. The maximum atomic E-state index is 13.3. The van der Waals surface area contributed by atoms with Crippen molar-refractivity contribution in [2.75, 3.05) is 26.2 Å². The molecular formula is C22H29Cl2F2N5O5. The normalized spacial score (nSPS) is 18.1. The van der Waals surface area contributed by atoms with Gasteiger partial charge in [-0.05, 0) is 43.9 Å². The first-order chi connectivity index (χ1) is 16.2. The smallest absolute Gasteiger partial charge is 0.387 e. The molecule has 5 N–H and O–H groups in total. The number of carbonyl (C=O) groups excluding carboxylic acids is 2. The largest absolute Gasteiger partial charge is 0.489 e.